The Morgan fingerprint density at radius 3 is 2.59 bits per heavy atom. The van der Waals surface area contributed by atoms with Crippen LogP contribution < -0.4 is 15.2 Å². The second kappa shape index (κ2) is 10.2. The van der Waals surface area contributed by atoms with E-state index in [1.165, 1.54) is 42.5 Å². The van der Waals surface area contributed by atoms with Crippen molar-refractivity contribution in [1.29, 1.82) is 0 Å². The lowest BCUT2D eigenvalue weighted by molar-refractivity contribution is -0.384. The third-order valence-electron chi connectivity index (χ3n) is 5.83. The van der Waals surface area contributed by atoms with Crippen LogP contribution in [0.1, 0.15) is 38.8 Å². The van der Waals surface area contributed by atoms with E-state index in [0.717, 1.165) is 6.07 Å². The van der Waals surface area contributed by atoms with Crippen LogP contribution in [0, 0.1) is 10.1 Å². The predicted molar refractivity (Wildman–Crippen MR) is 135 cm³/mol. The zero-order chi connectivity index (χ0) is 26.9. The van der Waals surface area contributed by atoms with Crippen LogP contribution >= 0.6 is 11.6 Å². The number of hydrazine groups is 1. The van der Waals surface area contributed by atoms with Crippen molar-refractivity contribution >= 4 is 44.9 Å². The molecule has 0 spiro atoms. The number of carboxylic acids is 1. The molecule has 3 aromatic carbocycles. The molecular weight excluding hydrogens is 524 g/mol. The summed E-state index contributed by atoms with van der Waals surface area (Å²) < 4.78 is 28.3. The van der Waals surface area contributed by atoms with Gasteiger partial charge in [0.05, 0.1) is 27.2 Å². The number of carbonyl (C=O) groups is 2. The average Bonchev–Trinajstić information content (AvgIpc) is 3.17. The van der Waals surface area contributed by atoms with Gasteiger partial charge in [0, 0.05) is 24.2 Å². The summed E-state index contributed by atoms with van der Waals surface area (Å²) in [4.78, 5) is 34.4. The number of anilines is 1. The highest BCUT2D eigenvalue weighted by Crippen LogP contribution is 2.33. The van der Waals surface area contributed by atoms with E-state index in [9.17, 15) is 28.1 Å². The van der Waals surface area contributed by atoms with E-state index in [1.807, 2.05) is 6.92 Å². The molecule has 13 heteroatoms. The molecule has 0 saturated carbocycles. The summed E-state index contributed by atoms with van der Waals surface area (Å²) in [7, 11) is -4.16. The molecule has 1 aliphatic rings. The molecule has 0 bridgehead atoms. The van der Waals surface area contributed by atoms with Crippen molar-refractivity contribution < 1.29 is 28.0 Å². The standard InChI is InChI=1S/C24H21ClN4O7S/c1-14-9-18-11-19(29(33)34)6-8-21(18)28(14)27-23(30)16-5-7-20(25)22(12-16)37(35,36)26-13-15-3-2-4-17(10-15)24(31)32/h2-8,10-12,14,26H,9,13H2,1H3,(H,27,30)(H,31,32). The second-order valence-electron chi connectivity index (χ2n) is 8.41. The van der Waals surface area contributed by atoms with Crippen LogP contribution in [0.15, 0.2) is 65.6 Å². The highest BCUT2D eigenvalue weighted by molar-refractivity contribution is 7.89. The van der Waals surface area contributed by atoms with Crippen LogP contribution in [0.2, 0.25) is 5.02 Å². The number of amides is 1. The van der Waals surface area contributed by atoms with E-state index < -0.39 is 26.8 Å². The summed E-state index contributed by atoms with van der Waals surface area (Å²) in [6.45, 7) is 1.65. The van der Waals surface area contributed by atoms with Crippen LogP contribution in [0.25, 0.3) is 0 Å². The van der Waals surface area contributed by atoms with Crippen LogP contribution in [0.3, 0.4) is 0 Å². The second-order valence-corrected chi connectivity index (χ2v) is 10.6. The van der Waals surface area contributed by atoms with Crippen LogP contribution in [-0.2, 0) is 23.0 Å². The maximum atomic E-state index is 13.0. The molecule has 0 fully saturated rings. The first-order valence-electron chi connectivity index (χ1n) is 11.0. The summed E-state index contributed by atoms with van der Waals surface area (Å²) in [5.74, 6) is -1.74. The number of hydrogen-bond donors (Lipinski definition) is 3. The van der Waals surface area contributed by atoms with Gasteiger partial charge in [0.1, 0.15) is 4.90 Å². The van der Waals surface area contributed by atoms with Crippen molar-refractivity contribution in [2.75, 3.05) is 5.01 Å². The van der Waals surface area contributed by atoms with E-state index in [1.54, 1.807) is 17.1 Å². The van der Waals surface area contributed by atoms with Crippen molar-refractivity contribution in [1.82, 2.24) is 10.1 Å². The van der Waals surface area contributed by atoms with Crippen LogP contribution in [0.4, 0.5) is 11.4 Å². The first-order valence-corrected chi connectivity index (χ1v) is 12.8. The van der Waals surface area contributed by atoms with Crippen molar-refractivity contribution in [3.63, 3.8) is 0 Å². The molecule has 11 nitrogen and oxygen atoms in total. The summed E-state index contributed by atoms with van der Waals surface area (Å²) >= 11 is 6.14. The number of sulfonamides is 1. The molecule has 4 rings (SSSR count). The number of nitro groups is 1. The summed E-state index contributed by atoms with van der Waals surface area (Å²) in [5.41, 5.74) is 4.47. The molecule has 1 atom stereocenters. The van der Waals surface area contributed by atoms with Gasteiger partial charge in [-0.25, -0.2) is 17.9 Å². The fraction of sp³-hybridized carbons (Fsp3) is 0.167. The predicted octanol–water partition coefficient (Wildman–Crippen LogP) is 3.52. The minimum absolute atomic E-state index is 0.0146. The van der Waals surface area contributed by atoms with E-state index in [4.69, 9.17) is 16.7 Å². The number of carbonyl (C=O) groups excluding carboxylic acids is 1. The van der Waals surface area contributed by atoms with Crippen molar-refractivity contribution in [2.24, 2.45) is 0 Å². The van der Waals surface area contributed by atoms with Gasteiger partial charge in [-0.05, 0) is 60.9 Å². The quantitative estimate of drug-likeness (QED) is 0.287. The number of nitrogens with one attached hydrogen (secondary N) is 2. The third kappa shape index (κ3) is 5.56. The normalized spacial score (nSPS) is 14.8. The molecule has 37 heavy (non-hydrogen) atoms. The minimum atomic E-state index is -4.16. The lowest BCUT2D eigenvalue weighted by atomic mass is 10.1. The molecule has 0 radical (unpaired) electrons. The number of aromatic carboxylic acids is 1. The van der Waals surface area contributed by atoms with Crippen molar-refractivity contribution in [3.8, 4) is 0 Å². The van der Waals surface area contributed by atoms with Crippen LogP contribution in [0.5, 0.6) is 0 Å². The number of nitro benzene ring substituents is 1. The van der Waals surface area contributed by atoms with E-state index in [2.05, 4.69) is 10.1 Å². The topological polar surface area (TPSA) is 159 Å². The van der Waals surface area contributed by atoms with Gasteiger partial charge in [0.15, 0.2) is 0 Å². The highest BCUT2D eigenvalue weighted by Gasteiger charge is 2.30. The molecule has 0 saturated heterocycles. The summed E-state index contributed by atoms with van der Waals surface area (Å²) in [6, 6.07) is 13.8. The van der Waals surface area contributed by atoms with Crippen LogP contribution in [-0.4, -0.2) is 36.4 Å². The maximum Gasteiger partial charge on any atom is 0.335 e. The zero-order valence-electron chi connectivity index (χ0n) is 19.3. The van der Waals surface area contributed by atoms with Gasteiger partial charge in [-0.3, -0.25) is 25.3 Å². The number of fused-ring (bicyclic) bond motifs is 1. The van der Waals surface area contributed by atoms with Gasteiger partial charge >= 0.3 is 5.97 Å². The number of hydrogen-bond acceptors (Lipinski definition) is 7. The third-order valence-corrected chi connectivity index (χ3v) is 7.72. The fourth-order valence-corrected chi connectivity index (χ4v) is 5.54. The Morgan fingerprint density at radius 1 is 1.14 bits per heavy atom. The molecule has 192 valence electrons. The summed E-state index contributed by atoms with van der Waals surface area (Å²) in [5, 5.41) is 21.7. The van der Waals surface area contributed by atoms with Crippen molar-refractivity contribution in [3.05, 3.63) is 98.1 Å². The Balaban J connectivity index is 1.53. The average molecular weight is 545 g/mol. The Hall–Kier alpha value is -4.00. The lowest BCUT2D eigenvalue weighted by Gasteiger charge is -2.25. The van der Waals surface area contributed by atoms with E-state index >= 15 is 0 Å². The Bertz CT molecular complexity index is 1530. The van der Waals surface area contributed by atoms with E-state index in [-0.39, 0.29) is 39.3 Å². The minimum Gasteiger partial charge on any atom is -0.478 e. The van der Waals surface area contributed by atoms with Crippen molar-refractivity contribution in [2.45, 2.75) is 30.8 Å². The summed E-state index contributed by atoms with van der Waals surface area (Å²) in [6.07, 6.45) is 0.477. The van der Waals surface area contributed by atoms with Gasteiger partial charge < -0.3 is 5.11 Å². The van der Waals surface area contributed by atoms with Gasteiger partial charge in [0.25, 0.3) is 11.6 Å². The number of non-ortho nitro benzene ring substituents is 1. The number of nitrogens with zero attached hydrogens (tertiary/aromatic N) is 2. The molecule has 1 aliphatic heterocycles. The Morgan fingerprint density at radius 2 is 1.89 bits per heavy atom. The van der Waals surface area contributed by atoms with Gasteiger partial charge in [-0.2, -0.15) is 0 Å². The SMILES string of the molecule is CC1Cc2cc([N+](=O)[O-])ccc2N1NC(=O)c1ccc(Cl)c(S(=O)(=O)NCc2cccc(C(=O)O)c2)c1. The molecule has 0 aliphatic carbocycles. The monoisotopic (exact) mass is 544 g/mol. The first kappa shape index (κ1) is 26.1. The molecule has 1 amide bonds. The molecule has 1 unspecified atom stereocenters. The van der Waals surface area contributed by atoms with Gasteiger partial charge in [-0.15, -0.1) is 0 Å². The van der Waals surface area contributed by atoms with Gasteiger partial charge in [-0.1, -0.05) is 23.7 Å². The van der Waals surface area contributed by atoms with Gasteiger partial charge in [0.2, 0.25) is 10.0 Å². The number of carboxylic acid groups (broad SMARTS) is 1. The van der Waals surface area contributed by atoms with E-state index in [0.29, 0.717) is 23.2 Å². The number of rotatable bonds is 8. The largest absolute Gasteiger partial charge is 0.478 e. The molecule has 1 heterocycles. The lowest BCUT2D eigenvalue weighted by Crippen LogP contribution is -2.45. The Labute approximate surface area is 216 Å². The fourth-order valence-electron chi connectivity index (χ4n) is 4.00. The Kier molecular flexibility index (Phi) is 7.16. The molecule has 3 aromatic rings. The maximum absolute atomic E-state index is 13.0. The molecular formula is C24H21ClN4O7S. The zero-order valence-corrected chi connectivity index (χ0v) is 20.9. The molecule has 3 N–H and O–H groups in total. The number of halogens is 1. The smallest absolute Gasteiger partial charge is 0.335 e. The number of benzene rings is 3. The first-order chi connectivity index (χ1) is 17.5. The molecule has 0 aromatic heterocycles. The highest BCUT2D eigenvalue weighted by atomic mass is 35.5.